The molecule has 5 heteroatoms. The van der Waals surface area contributed by atoms with E-state index in [0.29, 0.717) is 18.2 Å². The highest BCUT2D eigenvalue weighted by atomic mass is 16.2. The molecule has 5 nitrogen and oxygen atoms in total. The minimum atomic E-state index is 0.112. The van der Waals surface area contributed by atoms with Gasteiger partial charge >= 0.3 is 0 Å². The van der Waals surface area contributed by atoms with E-state index in [9.17, 15) is 4.79 Å². The maximum atomic E-state index is 12.7. The van der Waals surface area contributed by atoms with Crippen molar-refractivity contribution in [3.05, 3.63) is 29.6 Å². The highest BCUT2D eigenvalue weighted by Crippen LogP contribution is 2.25. The fourth-order valence-electron chi connectivity index (χ4n) is 3.36. The van der Waals surface area contributed by atoms with Gasteiger partial charge in [-0.25, -0.2) is 0 Å². The smallest absolute Gasteiger partial charge is 0.254 e. The van der Waals surface area contributed by atoms with Gasteiger partial charge in [-0.2, -0.15) is 0 Å². The molecular formula is C15H22N4O. The third kappa shape index (κ3) is 2.43. The topological polar surface area (TPSA) is 62.5 Å². The van der Waals surface area contributed by atoms with Gasteiger partial charge in [0.05, 0.1) is 5.69 Å². The second-order valence-corrected chi connectivity index (χ2v) is 5.84. The second-order valence-electron chi connectivity index (χ2n) is 5.84. The van der Waals surface area contributed by atoms with E-state index in [2.05, 4.69) is 16.8 Å². The molecule has 1 amide bonds. The monoisotopic (exact) mass is 274 g/mol. The number of carbonyl (C=O) groups excluding carboxylic acids is 1. The normalized spacial score (nSPS) is 26.6. The zero-order valence-electron chi connectivity index (χ0n) is 12.0. The molecule has 2 N–H and O–H groups in total. The standard InChI is InChI=1S/C15H22N4O/c1-11-9-18-6-2-3-14(18)10-19(11)15(20)12-4-5-17-13(7-12)8-16/h4-5,7,11,14H,2-3,6,8-10,16H2,1H3. The van der Waals surface area contributed by atoms with Crippen LogP contribution < -0.4 is 5.73 Å². The van der Waals surface area contributed by atoms with Crippen molar-refractivity contribution < 1.29 is 4.79 Å². The maximum absolute atomic E-state index is 12.7. The Balaban J connectivity index is 1.78. The number of hydrogen-bond donors (Lipinski definition) is 1. The summed E-state index contributed by atoms with van der Waals surface area (Å²) in [5.41, 5.74) is 7.07. The van der Waals surface area contributed by atoms with Gasteiger partial charge in [0.15, 0.2) is 0 Å². The van der Waals surface area contributed by atoms with Gasteiger partial charge < -0.3 is 10.6 Å². The summed E-state index contributed by atoms with van der Waals surface area (Å²) in [6.45, 7) is 5.53. The Kier molecular flexibility index (Phi) is 3.72. The molecule has 3 rings (SSSR count). The number of fused-ring (bicyclic) bond motifs is 1. The Morgan fingerprint density at radius 1 is 1.50 bits per heavy atom. The SMILES string of the molecule is CC1CN2CCCC2CN1C(=O)c1ccnc(CN)c1. The third-order valence-corrected chi connectivity index (χ3v) is 4.47. The number of nitrogens with zero attached hydrogens (tertiary/aromatic N) is 3. The molecule has 0 radical (unpaired) electrons. The summed E-state index contributed by atoms with van der Waals surface area (Å²) < 4.78 is 0. The highest BCUT2D eigenvalue weighted by Gasteiger charge is 2.36. The number of hydrogen-bond acceptors (Lipinski definition) is 4. The van der Waals surface area contributed by atoms with E-state index in [4.69, 9.17) is 5.73 Å². The molecule has 0 saturated carbocycles. The summed E-state index contributed by atoms with van der Waals surface area (Å²) in [4.78, 5) is 21.4. The summed E-state index contributed by atoms with van der Waals surface area (Å²) in [6.07, 6.45) is 4.14. The Bertz CT molecular complexity index is 504. The fraction of sp³-hybridized carbons (Fsp3) is 0.600. The molecule has 20 heavy (non-hydrogen) atoms. The van der Waals surface area contributed by atoms with Gasteiger partial charge in [-0.05, 0) is 38.4 Å². The summed E-state index contributed by atoms with van der Waals surface area (Å²) in [5, 5.41) is 0. The van der Waals surface area contributed by atoms with Crippen molar-refractivity contribution in [3.8, 4) is 0 Å². The van der Waals surface area contributed by atoms with Gasteiger partial charge in [0.25, 0.3) is 5.91 Å². The first kappa shape index (κ1) is 13.5. The third-order valence-electron chi connectivity index (χ3n) is 4.47. The number of piperazine rings is 1. The first-order valence-corrected chi connectivity index (χ1v) is 7.39. The molecule has 1 aromatic heterocycles. The number of nitrogens with two attached hydrogens (primary N) is 1. The Morgan fingerprint density at radius 3 is 3.15 bits per heavy atom. The average Bonchev–Trinajstić information content (AvgIpc) is 2.92. The van der Waals surface area contributed by atoms with Crippen LogP contribution in [0.25, 0.3) is 0 Å². The van der Waals surface area contributed by atoms with Crippen molar-refractivity contribution in [3.63, 3.8) is 0 Å². The van der Waals surface area contributed by atoms with Crippen LogP contribution in [0, 0.1) is 0 Å². The summed E-state index contributed by atoms with van der Waals surface area (Å²) >= 11 is 0. The fourth-order valence-corrected chi connectivity index (χ4v) is 3.36. The average molecular weight is 274 g/mol. The lowest BCUT2D eigenvalue weighted by Gasteiger charge is -2.42. The molecule has 3 heterocycles. The number of aromatic nitrogens is 1. The van der Waals surface area contributed by atoms with Crippen molar-refractivity contribution in [2.75, 3.05) is 19.6 Å². The first-order valence-electron chi connectivity index (χ1n) is 7.39. The maximum Gasteiger partial charge on any atom is 0.254 e. The van der Waals surface area contributed by atoms with Crippen molar-refractivity contribution in [2.45, 2.75) is 38.4 Å². The predicted molar refractivity (Wildman–Crippen MR) is 77.2 cm³/mol. The lowest BCUT2D eigenvalue weighted by Crippen LogP contribution is -2.56. The minimum absolute atomic E-state index is 0.112. The number of pyridine rings is 1. The van der Waals surface area contributed by atoms with E-state index in [1.807, 2.05) is 11.0 Å². The zero-order valence-corrected chi connectivity index (χ0v) is 12.0. The number of carbonyl (C=O) groups is 1. The molecule has 1 aromatic rings. The van der Waals surface area contributed by atoms with Crippen molar-refractivity contribution in [1.82, 2.24) is 14.8 Å². The van der Waals surface area contributed by atoms with E-state index in [1.165, 1.54) is 19.4 Å². The largest absolute Gasteiger partial charge is 0.333 e. The zero-order chi connectivity index (χ0) is 14.1. The van der Waals surface area contributed by atoms with Gasteiger partial charge in [-0.1, -0.05) is 0 Å². The van der Waals surface area contributed by atoms with E-state index in [-0.39, 0.29) is 11.9 Å². The molecule has 0 aliphatic carbocycles. The summed E-state index contributed by atoms with van der Waals surface area (Å²) in [7, 11) is 0. The predicted octanol–water partition coefficient (Wildman–Crippen LogP) is 0.849. The van der Waals surface area contributed by atoms with Crippen LogP contribution in [0.3, 0.4) is 0 Å². The lowest BCUT2D eigenvalue weighted by atomic mass is 10.1. The van der Waals surface area contributed by atoms with Crippen LogP contribution in [0.4, 0.5) is 0 Å². The van der Waals surface area contributed by atoms with Crippen molar-refractivity contribution >= 4 is 5.91 Å². The molecule has 2 atom stereocenters. The quantitative estimate of drug-likeness (QED) is 0.868. The van der Waals surface area contributed by atoms with E-state index >= 15 is 0 Å². The molecule has 0 bridgehead atoms. The van der Waals surface area contributed by atoms with Crippen LogP contribution in [0.1, 0.15) is 35.8 Å². The number of amides is 1. The molecule has 2 aliphatic rings. The van der Waals surface area contributed by atoms with Gasteiger partial charge in [-0.3, -0.25) is 14.7 Å². The van der Waals surface area contributed by atoms with Gasteiger partial charge in [0, 0.05) is 43.5 Å². The molecule has 0 aromatic carbocycles. The molecule has 2 fully saturated rings. The van der Waals surface area contributed by atoms with Crippen LogP contribution in [-0.2, 0) is 6.54 Å². The second kappa shape index (κ2) is 5.50. The molecule has 108 valence electrons. The first-order chi connectivity index (χ1) is 9.69. The van der Waals surface area contributed by atoms with E-state index in [1.54, 1.807) is 12.3 Å². The minimum Gasteiger partial charge on any atom is -0.333 e. The van der Waals surface area contributed by atoms with Gasteiger partial charge in [-0.15, -0.1) is 0 Å². The Hall–Kier alpha value is -1.46. The number of rotatable bonds is 2. The van der Waals surface area contributed by atoms with Crippen LogP contribution >= 0.6 is 0 Å². The van der Waals surface area contributed by atoms with E-state index in [0.717, 1.165) is 18.8 Å². The summed E-state index contributed by atoms with van der Waals surface area (Å²) in [5.74, 6) is 0.112. The highest BCUT2D eigenvalue weighted by molar-refractivity contribution is 5.94. The molecule has 2 unspecified atom stereocenters. The summed E-state index contributed by atoms with van der Waals surface area (Å²) in [6, 6.07) is 4.42. The Labute approximate surface area is 119 Å². The molecular weight excluding hydrogens is 252 g/mol. The lowest BCUT2D eigenvalue weighted by molar-refractivity contribution is 0.0395. The molecule has 2 aliphatic heterocycles. The molecule has 2 saturated heterocycles. The Morgan fingerprint density at radius 2 is 2.35 bits per heavy atom. The molecule has 0 spiro atoms. The van der Waals surface area contributed by atoms with Crippen LogP contribution in [0.15, 0.2) is 18.3 Å². The van der Waals surface area contributed by atoms with E-state index < -0.39 is 0 Å². The van der Waals surface area contributed by atoms with Crippen LogP contribution in [0.5, 0.6) is 0 Å². The van der Waals surface area contributed by atoms with Gasteiger partial charge in [0.2, 0.25) is 0 Å². The van der Waals surface area contributed by atoms with Crippen LogP contribution in [-0.4, -0.2) is 52.4 Å². The van der Waals surface area contributed by atoms with Crippen molar-refractivity contribution in [2.24, 2.45) is 5.73 Å². The van der Waals surface area contributed by atoms with Gasteiger partial charge in [0.1, 0.15) is 0 Å². The van der Waals surface area contributed by atoms with Crippen LogP contribution in [0.2, 0.25) is 0 Å². The van der Waals surface area contributed by atoms with Crippen molar-refractivity contribution in [1.29, 1.82) is 0 Å².